The molecule has 0 saturated heterocycles. The molecule has 0 N–H and O–H groups in total. The summed E-state index contributed by atoms with van der Waals surface area (Å²) in [5.41, 5.74) is 5.91. The zero-order chi connectivity index (χ0) is 14.4. The smallest absolute Gasteiger partial charge is 0.227 e. The third kappa shape index (κ3) is 2.15. The van der Waals surface area contributed by atoms with E-state index in [1.165, 1.54) is 11.1 Å². The van der Waals surface area contributed by atoms with Gasteiger partial charge >= 0.3 is 0 Å². The molecule has 0 spiro atoms. The second-order valence-electron chi connectivity index (χ2n) is 4.96. The highest BCUT2D eigenvalue weighted by atomic mass is 79.9. The van der Waals surface area contributed by atoms with Crippen LogP contribution in [-0.4, -0.2) is 4.98 Å². The summed E-state index contributed by atoms with van der Waals surface area (Å²) in [4.78, 5) is 4.56. The Balaban J connectivity index is 2.23. The van der Waals surface area contributed by atoms with Crippen molar-refractivity contribution >= 4 is 38.6 Å². The average Bonchev–Trinajstić information content (AvgIpc) is 2.83. The Labute approximate surface area is 130 Å². The molecule has 1 aromatic heterocycles. The summed E-state index contributed by atoms with van der Waals surface area (Å²) in [6.45, 7) is 6.10. The highest BCUT2D eigenvalue weighted by molar-refractivity contribution is 9.10. The molecule has 1 heterocycles. The molecule has 0 aliphatic heterocycles. The van der Waals surface area contributed by atoms with Crippen molar-refractivity contribution in [3.05, 3.63) is 50.5 Å². The molecule has 0 aliphatic carbocycles. The molecule has 3 aromatic rings. The van der Waals surface area contributed by atoms with Crippen LogP contribution >= 0.6 is 27.5 Å². The Morgan fingerprint density at radius 2 is 1.85 bits per heavy atom. The van der Waals surface area contributed by atoms with E-state index in [-0.39, 0.29) is 0 Å². The minimum atomic E-state index is 0.590. The van der Waals surface area contributed by atoms with Gasteiger partial charge in [-0.1, -0.05) is 17.7 Å². The van der Waals surface area contributed by atoms with Crippen LogP contribution in [0.4, 0.5) is 0 Å². The molecule has 0 aliphatic rings. The second-order valence-corrected chi connectivity index (χ2v) is 6.16. The lowest BCUT2D eigenvalue weighted by Gasteiger charge is -2.01. The van der Waals surface area contributed by atoms with Crippen molar-refractivity contribution in [2.24, 2.45) is 0 Å². The molecule has 0 saturated carbocycles. The highest BCUT2D eigenvalue weighted by Gasteiger charge is 2.14. The number of benzene rings is 2. The van der Waals surface area contributed by atoms with Gasteiger partial charge in [-0.05, 0) is 71.6 Å². The van der Waals surface area contributed by atoms with Gasteiger partial charge in [0.15, 0.2) is 5.58 Å². The van der Waals surface area contributed by atoms with Crippen LogP contribution in [0.2, 0.25) is 5.02 Å². The molecule has 0 unspecified atom stereocenters. The van der Waals surface area contributed by atoms with Gasteiger partial charge in [0.1, 0.15) is 5.52 Å². The number of aryl methyl sites for hydroxylation is 2. The Kier molecular flexibility index (Phi) is 3.35. The predicted molar refractivity (Wildman–Crippen MR) is 86.4 cm³/mol. The monoisotopic (exact) mass is 349 g/mol. The lowest BCUT2D eigenvalue weighted by Crippen LogP contribution is -1.83. The molecule has 0 atom stereocenters. The van der Waals surface area contributed by atoms with Gasteiger partial charge < -0.3 is 4.42 Å². The summed E-state index contributed by atoms with van der Waals surface area (Å²) in [7, 11) is 0. The van der Waals surface area contributed by atoms with E-state index >= 15 is 0 Å². The SMILES string of the molecule is Cc1ccc(-c2nc3cc(C)c(C)c(Br)c3o2)cc1Cl. The number of rotatable bonds is 1. The number of hydrogen-bond acceptors (Lipinski definition) is 2. The van der Waals surface area contributed by atoms with Crippen molar-refractivity contribution in [2.75, 3.05) is 0 Å². The molecule has 2 aromatic carbocycles. The first-order valence-corrected chi connectivity index (χ1v) is 7.47. The molecular formula is C16H13BrClNO. The zero-order valence-electron chi connectivity index (χ0n) is 11.4. The molecule has 4 heteroatoms. The summed E-state index contributed by atoms with van der Waals surface area (Å²) in [6, 6.07) is 7.87. The Morgan fingerprint density at radius 3 is 2.55 bits per heavy atom. The van der Waals surface area contributed by atoms with E-state index < -0.39 is 0 Å². The molecule has 0 radical (unpaired) electrons. The van der Waals surface area contributed by atoms with Crippen molar-refractivity contribution in [3.63, 3.8) is 0 Å². The van der Waals surface area contributed by atoms with E-state index in [1.807, 2.05) is 31.2 Å². The minimum absolute atomic E-state index is 0.590. The molecule has 0 amide bonds. The fourth-order valence-electron chi connectivity index (χ4n) is 2.09. The van der Waals surface area contributed by atoms with Crippen LogP contribution in [0.5, 0.6) is 0 Å². The van der Waals surface area contributed by atoms with E-state index in [1.54, 1.807) is 0 Å². The summed E-state index contributed by atoms with van der Waals surface area (Å²) < 4.78 is 6.86. The van der Waals surface area contributed by atoms with Gasteiger partial charge in [0.25, 0.3) is 0 Å². The Hall–Kier alpha value is -1.32. The lowest BCUT2D eigenvalue weighted by molar-refractivity contribution is 0.617. The van der Waals surface area contributed by atoms with Gasteiger partial charge in [0, 0.05) is 10.6 Å². The minimum Gasteiger partial charge on any atom is -0.435 e. The Bertz CT molecular complexity index is 823. The van der Waals surface area contributed by atoms with Crippen LogP contribution < -0.4 is 0 Å². The van der Waals surface area contributed by atoms with Gasteiger partial charge in [0.2, 0.25) is 5.89 Å². The molecule has 0 bridgehead atoms. The Morgan fingerprint density at radius 1 is 1.10 bits per heavy atom. The van der Waals surface area contributed by atoms with Gasteiger partial charge in [-0.15, -0.1) is 0 Å². The van der Waals surface area contributed by atoms with Gasteiger partial charge in [-0.25, -0.2) is 4.98 Å². The largest absolute Gasteiger partial charge is 0.435 e. The number of oxazole rings is 1. The van der Waals surface area contributed by atoms with E-state index in [0.717, 1.165) is 31.7 Å². The topological polar surface area (TPSA) is 26.0 Å². The van der Waals surface area contributed by atoms with E-state index in [9.17, 15) is 0 Å². The standard InChI is InChI=1S/C16H13BrClNO/c1-8-4-5-11(7-12(8)18)16-19-13-6-9(2)10(3)14(17)15(13)20-16/h4-7H,1-3H3. The van der Waals surface area contributed by atoms with Crippen molar-refractivity contribution in [3.8, 4) is 11.5 Å². The number of aromatic nitrogens is 1. The summed E-state index contributed by atoms with van der Waals surface area (Å²) in [5, 5.41) is 0.719. The van der Waals surface area contributed by atoms with Gasteiger partial charge in [-0.3, -0.25) is 0 Å². The normalized spacial score (nSPS) is 11.2. The fourth-order valence-corrected chi connectivity index (χ4v) is 2.87. The zero-order valence-corrected chi connectivity index (χ0v) is 13.8. The molecule has 102 valence electrons. The van der Waals surface area contributed by atoms with Crippen LogP contribution in [0.1, 0.15) is 16.7 Å². The van der Waals surface area contributed by atoms with Crippen molar-refractivity contribution in [1.82, 2.24) is 4.98 Å². The predicted octanol–water partition coefficient (Wildman–Crippen LogP) is 5.84. The maximum Gasteiger partial charge on any atom is 0.227 e. The van der Waals surface area contributed by atoms with Crippen LogP contribution in [0.15, 0.2) is 33.2 Å². The van der Waals surface area contributed by atoms with Gasteiger partial charge in [-0.2, -0.15) is 0 Å². The van der Waals surface area contributed by atoms with Crippen molar-refractivity contribution in [2.45, 2.75) is 20.8 Å². The molecule has 3 rings (SSSR count). The van der Waals surface area contributed by atoms with Crippen molar-refractivity contribution < 1.29 is 4.42 Å². The third-order valence-corrected chi connectivity index (χ3v) is 4.91. The van der Waals surface area contributed by atoms with E-state index in [4.69, 9.17) is 16.0 Å². The molecule has 20 heavy (non-hydrogen) atoms. The number of nitrogens with zero attached hydrogens (tertiary/aromatic N) is 1. The number of halogens is 2. The summed E-state index contributed by atoms with van der Waals surface area (Å²) in [6.07, 6.45) is 0. The van der Waals surface area contributed by atoms with Crippen molar-refractivity contribution in [1.29, 1.82) is 0 Å². The van der Waals surface area contributed by atoms with E-state index in [0.29, 0.717) is 5.89 Å². The van der Waals surface area contributed by atoms with Gasteiger partial charge in [0.05, 0.1) is 4.47 Å². The second kappa shape index (κ2) is 4.90. The van der Waals surface area contributed by atoms with Crippen LogP contribution in [0, 0.1) is 20.8 Å². The van der Waals surface area contributed by atoms with Crippen LogP contribution in [-0.2, 0) is 0 Å². The highest BCUT2D eigenvalue weighted by Crippen LogP contribution is 2.34. The van der Waals surface area contributed by atoms with Crippen LogP contribution in [0.25, 0.3) is 22.6 Å². The molecule has 2 nitrogen and oxygen atoms in total. The summed E-state index contributed by atoms with van der Waals surface area (Å²) in [5.74, 6) is 0.590. The first-order chi connectivity index (χ1) is 9.47. The maximum atomic E-state index is 6.17. The number of hydrogen-bond donors (Lipinski definition) is 0. The summed E-state index contributed by atoms with van der Waals surface area (Å²) >= 11 is 9.75. The van der Waals surface area contributed by atoms with Crippen LogP contribution in [0.3, 0.4) is 0 Å². The molecule has 0 fully saturated rings. The molecular weight excluding hydrogens is 338 g/mol. The average molecular weight is 351 g/mol. The number of fused-ring (bicyclic) bond motifs is 1. The first-order valence-electron chi connectivity index (χ1n) is 6.30. The first kappa shape index (κ1) is 13.7. The van der Waals surface area contributed by atoms with E-state index in [2.05, 4.69) is 34.8 Å². The quantitative estimate of drug-likeness (QED) is 0.551. The third-order valence-electron chi connectivity index (χ3n) is 3.55. The maximum absolute atomic E-state index is 6.17. The lowest BCUT2D eigenvalue weighted by atomic mass is 10.1. The fraction of sp³-hybridized carbons (Fsp3) is 0.188.